The van der Waals surface area contributed by atoms with Crippen molar-refractivity contribution in [3.8, 4) is 0 Å². The molecule has 27 heavy (non-hydrogen) atoms. The van der Waals surface area contributed by atoms with Gasteiger partial charge < -0.3 is 10.6 Å². The summed E-state index contributed by atoms with van der Waals surface area (Å²) >= 11 is 0. The summed E-state index contributed by atoms with van der Waals surface area (Å²) in [5.74, 6) is 0.517. The number of nitrogens with one attached hydrogen (secondary N) is 2. The second-order valence-corrected chi connectivity index (χ2v) is 6.61. The van der Waals surface area contributed by atoms with Crippen LogP contribution in [0.15, 0.2) is 66.9 Å². The van der Waals surface area contributed by atoms with Crippen LogP contribution in [-0.2, 0) is 6.54 Å². The molecular weight excluding hydrogens is 341 g/mol. The van der Waals surface area contributed by atoms with E-state index in [0.717, 1.165) is 16.8 Å². The van der Waals surface area contributed by atoms with Gasteiger partial charge in [-0.25, -0.2) is 9.37 Å². The predicted octanol–water partition coefficient (Wildman–Crippen LogP) is 5.21. The van der Waals surface area contributed by atoms with E-state index in [4.69, 9.17) is 0 Å². The molecule has 0 radical (unpaired) electrons. The van der Waals surface area contributed by atoms with Gasteiger partial charge in [0.15, 0.2) is 0 Å². The van der Waals surface area contributed by atoms with Gasteiger partial charge in [0.25, 0.3) is 5.91 Å². The molecule has 1 aromatic heterocycles. The van der Waals surface area contributed by atoms with Crippen LogP contribution in [0.1, 0.15) is 41.3 Å². The molecule has 0 bridgehead atoms. The third kappa shape index (κ3) is 4.91. The molecule has 0 aliphatic rings. The highest BCUT2D eigenvalue weighted by Gasteiger charge is 2.11. The highest BCUT2D eigenvalue weighted by molar-refractivity contribution is 6.04. The zero-order valence-electron chi connectivity index (χ0n) is 15.4. The fourth-order valence-electron chi connectivity index (χ4n) is 2.74. The number of pyridine rings is 1. The molecule has 138 valence electrons. The van der Waals surface area contributed by atoms with Gasteiger partial charge >= 0.3 is 0 Å². The number of halogens is 1. The molecule has 1 amide bonds. The number of aromatic nitrogens is 1. The van der Waals surface area contributed by atoms with Gasteiger partial charge in [-0.15, -0.1) is 0 Å². The summed E-state index contributed by atoms with van der Waals surface area (Å²) in [6, 6.07) is 17.6. The molecule has 0 unspecified atom stereocenters. The van der Waals surface area contributed by atoms with E-state index in [1.54, 1.807) is 30.5 Å². The third-order valence-corrected chi connectivity index (χ3v) is 4.24. The summed E-state index contributed by atoms with van der Waals surface area (Å²) in [6.45, 7) is 4.71. The average molecular weight is 363 g/mol. The standard InChI is InChI=1S/C22H22FN3O/c1-15(2)19-5-3-4-6-20(19)26-22(27)17-9-12-21(25-14-17)24-13-16-7-10-18(23)11-8-16/h3-12,14-15H,13H2,1-2H3,(H,24,25)(H,26,27). The molecule has 0 fully saturated rings. The highest BCUT2D eigenvalue weighted by Crippen LogP contribution is 2.24. The number of benzene rings is 2. The summed E-state index contributed by atoms with van der Waals surface area (Å²) < 4.78 is 12.9. The summed E-state index contributed by atoms with van der Waals surface area (Å²) in [5, 5.41) is 6.11. The molecule has 0 saturated heterocycles. The minimum absolute atomic E-state index is 0.194. The Balaban J connectivity index is 1.63. The quantitative estimate of drug-likeness (QED) is 0.632. The topological polar surface area (TPSA) is 54.0 Å². The number of hydrogen-bond acceptors (Lipinski definition) is 3. The third-order valence-electron chi connectivity index (χ3n) is 4.24. The van der Waals surface area contributed by atoms with Crippen molar-refractivity contribution in [2.45, 2.75) is 26.3 Å². The SMILES string of the molecule is CC(C)c1ccccc1NC(=O)c1ccc(NCc2ccc(F)cc2)nc1. The van der Waals surface area contributed by atoms with Crippen molar-refractivity contribution in [2.24, 2.45) is 0 Å². The smallest absolute Gasteiger partial charge is 0.257 e. The Morgan fingerprint density at radius 1 is 1.04 bits per heavy atom. The molecule has 0 aliphatic carbocycles. The lowest BCUT2D eigenvalue weighted by atomic mass is 10.0. The molecule has 1 heterocycles. The molecule has 0 atom stereocenters. The largest absolute Gasteiger partial charge is 0.366 e. The van der Waals surface area contributed by atoms with E-state index in [1.807, 2.05) is 24.3 Å². The Bertz CT molecular complexity index is 906. The lowest BCUT2D eigenvalue weighted by molar-refractivity contribution is 0.102. The molecule has 0 spiro atoms. The Labute approximate surface area is 158 Å². The van der Waals surface area contributed by atoms with Crippen LogP contribution in [0.5, 0.6) is 0 Å². The molecule has 3 aromatic rings. The summed E-state index contributed by atoms with van der Waals surface area (Å²) in [4.78, 5) is 16.8. The number of rotatable bonds is 6. The molecule has 2 aromatic carbocycles. The first-order valence-corrected chi connectivity index (χ1v) is 8.87. The van der Waals surface area contributed by atoms with E-state index >= 15 is 0 Å². The van der Waals surface area contributed by atoms with E-state index in [0.29, 0.717) is 23.8 Å². The normalized spacial score (nSPS) is 10.7. The fraction of sp³-hybridized carbons (Fsp3) is 0.182. The summed E-state index contributed by atoms with van der Waals surface area (Å²) in [7, 11) is 0. The van der Waals surface area contributed by atoms with E-state index in [2.05, 4.69) is 29.5 Å². The zero-order valence-corrected chi connectivity index (χ0v) is 15.4. The van der Waals surface area contributed by atoms with Gasteiger partial charge in [0.05, 0.1) is 5.56 Å². The monoisotopic (exact) mass is 363 g/mol. The van der Waals surface area contributed by atoms with Crippen LogP contribution in [0.4, 0.5) is 15.9 Å². The van der Waals surface area contributed by atoms with Gasteiger partial charge in [0.1, 0.15) is 11.6 Å². The summed E-state index contributed by atoms with van der Waals surface area (Å²) in [6.07, 6.45) is 1.54. The van der Waals surface area contributed by atoms with E-state index in [-0.39, 0.29) is 11.7 Å². The van der Waals surface area contributed by atoms with Gasteiger partial charge in [-0.1, -0.05) is 44.2 Å². The van der Waals surface area contributed by atoms with Gasteiger partial charge in [0, 0.05) is 18.4 Å². The lowest BCUT2D eigenvalue weighted by Crippen LogP contribution is -2.14. The lowest BCUT2D eigenvalue weighted by Gasteiger charge is -2.13. The molecule has 4 nitrogen and oxygen atoms in total. The van der Waals surface area contributed by atoms with Crippen molar-refractivity contribution in [3.05, 3.63) is 89.4 Å². The second-order valence-electron chi connectivity index (χ2n) is 6.61. The second kappa shape index (κ2) is 8.45. The van der Waals surface area contributed by atoms with Crippen LogP contribution >= 0.6 is 0 Å². The van der Waals surface area contributed by atoms with Crippen LogP contribution in [-0.4, -0.2) is 10.9 Å². The average Bonchev–Trinajstić information content (AvgIpc) is 2.68. The molecule has 0 saturated carbocycles. The minimum atomic E-state index is -0.258. The Kier molecular flexibility index (Phi) is 5.81. The van der Waals surface area contributed by atoms with E-state index in [9.17, 15) is 9.18 Å². The van der Waals surface area contributed by atoms with Crippen molar-refractivity contribution < 1.29 is 9.18 Å². The number of carbonyl (C=O) groups excluding carboxylic acids is 1. The molecular formula is C22H22FN3O. The predicted molar refractivity (Wildman–Crippen MR) is 106 cm³/mol. The zero-order chi connectivity index (χ0) is 19.2. The first kappa shape index (κ1) is 18.6. The Hall–Kier alpha value is -3.21. The van der Waals surface area contributed by atoms with Gasteiger partial charge in [0.2, 0.25) is 0 Å². The number of para-hydroxylation sites is 1. The van der Waals surface area contributed by atoms with Crippen molar-refractivity contribution >= 4 is 17.4 Å². The number of anilines is 2. The van der Waals surface area contributed by atoms with Crippen molar-refractivity contribution in [1.82, 2.24) is 4.98 Å². The van der Waals surface area contributed by atoms with Gasteiger partial charge in [-0.2, -0.15) is 0 Å². The number of hydrogen-bond donors (Lipinski definition) is 2. The van der Waals surface area contributed by atoms with E-state index < -0.39 is 0 Å². The summed E-state index contributed by atoms with van der Waals surface area (Å²) in [5.41, 5.74) is 3.35. The first-order valence-electron chi connectivity index (χ1n) is 8.87. The molecule has 5 heteroatoms. The van der Waals surface area contributed by atoms with Crippen molar-refractivity contribution in [3.63, 3.8) is 0 Å². The maximum Gasteiger partial charge on any atom is 0.257 e. The first-order chi connectivity index (χ1) is 13.0. The maximum atomic E-state index is 12.9. The fourth-order valence-corrected chi connectivity index (χ4v) is 2.74. The van der Waals surface area contributed by atoms with Crippen LogP contribution < -0.4 is 10.6 Å². The van der Waals surface area contributed by atoms with Crippen molar-refractivity contribution in [2.75, 3.05) is 10.6 Å². The maximum absolute atomic E-state index is 12.9. The van der Waals surface area contributed by atoms with Crippen molar-refractivity contribution in [1.29, 1.82) is 0 Å². The number of carbonyl (C=O) groups is 1. The van der Waals surface area contributed by atoms with Gasteiger partial charge in [-0.05, 0) is 47.4 Å². The molecule has 0 aliphatic heterocycles. The van der Waals surface area contributed by atoms with Crippen LogP contribution in [0.3, 0.4) is 0 Å². The minimum Gasteiger partial charge on any atom is -0.366 e. The number of amides is 1. The molecule has 2 N–H and O–H groups in total. The van der Waals surface area contributed by atoms with Crippen LogP contribution in [0, 0.1) is 5.82 Å². The highest BCUT2D eigenvalue weighted by atomic mass is 19.1. The van der Waals surface area contributed by atoms with E-state index in [1.165, 1.54) is 12.1 Å². The Morgan fingerprint density at radius 2 is 1.78 bits per heavy atom. The van der Waals surface area contributed by atoms with Gasteiger partial charge in [-0.3, -0.25) is 4.79 Å². The van der Waals surface area contributed by atoms with Crippen LogP contribution in [0.2, 0.25) is 0 Å². The number of nitrogens with zero attached hydrogens (tertiary/aromatic N) is 1. The molecule has 3 rings (SSSR count). The van der Waals surface area contributed by atoms with Crippen LogP contribution in [0.25, 0.3) is 0 Å². The Morgan fingerprint density at radius 3 is 2.44 bits per heavy atom.